The minimum atomic E-state index is 0.531. The number of hydrogen-bond acceptors (Lipinski definition) is 2. The topological polar surface area (TPSA) is 27.3 Å². The Balaban J connectivity index is 1.81. The van der Waals surface area contributed by atoms with Crippen LogP contribution in [0.15, 0.2) is 91.0 Å². The molecular formula is C19H17N3S. The third-order valence-electron chi connectivity index (χ3n) is 3.27. The second-order valence-electron chi connectivity index (χ2n) is 4.94. The molecule has 2 N–H and O–H groups in total. The molecule has 0 aliphatic carbocycles. The Morgan fingerprint density at radius 3 is 1.57 bits per heavy atom. The number of benzene rings is 3. The molecule has 0 atom stereocenters. The van der Waals surface area contributed by atoms with Gasteiger partial charge in [0, 0.05) is 5.69 Å². The summed E-state index contributed by atoms with van der Waals surface area (Å²) in [7, 11) is 0. The average molecular weight is 319 g/mol. The number of hydrazine groups is 1. The van der Waals surface area contributed by atoms with Gasteiger partial charge in [-0.05, 0) is 48.6 Å². The van der Waals surface area contributed by atoms with Gasteiger partial charge in [-0.1, -0.05) is 54.6 Å². The standard InChI is InChI=1S/C19H17N3S/c23-19(20-16-10-4-1-5-11-16)21-22(17-12-6-2-7-13-17)18-14-8-3-9-15-18/h1-15H,(H2,20,21,23). The highest BCUT2D eigenvalue weighted by molar-refractivity contribution is 7.80. The Hall–Kier alpha value is -2.85. The summed E-state index contributed by atoms with van der Waals surface area (Å²) in [6.45, 7) is 0. The van der Waals surface area contributed by atoms with Crippen LogP contribution in [0, 0.1) is 0 Å². The molecule has 0 bridgehead atoms. The molecule has 0 aliphatic rings. The molecule has 3 nitrogen and oxygen atoms in total. The molecule has 0 saturated carbocycles. The van der Waals surface area contributed by atoms with Crippen LogP contribution in [-0.2, 0) is 0 Å². The Bertz CT molecular complexity index is 706. The first-order valence-corrected chi connectivity index (χ1v) is 7.77. The van der Waals surface area contributed by atoms with E-state index < -0.39 is 0 Å². The minimum absolute atomic E-state index is 0.531. The van der Waals surface area contributed by atoms with E-state index in [1.807, 2.05) is 96.0 Å². The number of rotatable bonds is 4. The third-order valence-corrected chi connectivity index (χ3v) is 3.47. The maximum Gasteiger partial charge on any atom is 0.190 e. The zero-order valence-corrected chi connectivity index (χ0v) is 13.3. The van der Waals surface area contributed by atoms with Crippen molar-refractivity contribution in [2.75, 3.05) is 10.3 Å². The summed E-state index contributed by atoms with van der Waals surface area (Å²) in [4.78, 5) is 0. The zero-order valence-electron chi connectivity index (χ0n) is 12.5. The first-order valence-electron chi connectivity index (χ1n) is 7.36. The fourth-order valence-electron chi connectivity index (χ4n) is 2.21. The van der Waals surface area contributed by atoms with Crippen LogP contribution in [0.4, 0.5) is 17.1 Å². The van der Waals surface area contributed by atoms with Crippen molar-refractivity contribution in [2.45, 2.75) is 0 Å². The third kappa shape index (κ3) is 4.08. The van der Waals surface area contributed by atoms with Crippen LogP contribution in [0.1, 0.15) is 0 Å². The van der Waals surface area contributed by atoms with Crippen LogP contribution in [0.2, 0.25) is 0 Å². The van der Waals surface area contributed by atoms with Crippen LogP contribution in [0.5, 0.6) is 0 Å². The maximum atomic E-state index is 5.45. The molecule has 114 valence electrons. The lowest BCUT2D eigenvalue weighted by molar-refractivity contribution is 0.943. The van der Waals surface area contributed by atoms with E-state index in [4.69, 9.17) is 12.2 Å². The number of hydrogen-bond donors (Lipinski definition) is 2. The minimum Gasteiger partial charge on any atom is -0.331 e. The number of thiocarbonyl (C=S) groups is 1. The van der Waals surface area contributed by atoms with Crippen LogP contribution < -0.4 is 15.8 Å². The second-order valence-corrected chi connectivity index (χ2v) is 5.35. The highest BCUT2D eigenvalue weighted by Crippen LogP contribution is 2.22. The van der Waals surface area contributed by atoms with Gasteiger partial charge in [0.2, 0.25) is 0 Å². The molecule has 4 heteroatoms. The summed E-state index contributed by atoms with van der Waals surface area (Å²) in [5.41, 5.74) is 6.22. The van der Waals surface area contributed by atoms with Gasteiger partial charge >= 0.3 is 0 Å². The average Bonchev–Trinajstić information content (AvgIpc) is 2.62. The zero-order chi connectivity index (χ0) is 15.9. The Kier molecular flexibility index (Phi) is 4.86. The molecule has 0 aromatic heterocycles. The fourth-order valence-corrected chi connectivity index (χ4v) is 2.42. The molecule has 3 rings (SSSR count). The van der Waals surface area contributed by atoms with Crippen molar-refractivity contribution in [3.63, 3.8) is 0 Å². The van der Waals surface area contributed by atoms with E-state index >= 15 is 0 Å². The van der Waals surface area contributed by atoms with Crippen LogP contribution in [-0.4, -0.2) is 5.11 Å². The van der Waals surface area contributed by atoms with Gasteiger partial charge in [0.05, 0.1) is 11.4 Å². The lowest BCUT2D eigenvalue weighted by Gasteiger charge is -2.27. The van der Waals surface area contributed by atoms with Gasteiger partial charge in [0.15, 0.2) is 5.11 Å². The molecule has 0 heterocycles. The van der Waals surface area contributed by atoms with E-state index in [0.717, 1.165) is 17.1 Å². The monoisotopic (exact) mass is 319 g/mol. The summed E-state index contributed by atoms with van der Waals surface area (Å²) in [6, 6.07) is 30.0. The van der Waals surface area contributed by atoms with Crippen molar-refractivity contribution in [1.82, 2.24) is 5.43 Å². The van der Waals surface area contributed by atoms with E-state index in [1.54, 1.807) is 0 Å². The summed E-state index contributed by atoms with van der Waals surface area (Å²) < 4.78 is 0. The summed E-state index contributed by atoms with van der Waals surface area (Å²) in [5.74, 6) is 0. The number of para-hydroxylation sites is 3. The Morgan fingerprint density at radius 2 is 1.09 bits per heavy atom. The molecule has 0 amide bonds. The molecule has 23 heavy (non-hydrogen) atoms. The molecule has 0 saturated heterocycles. The normalized spacial score (nSPS) is 9.91. The first kappa shape index (κ1) is 15.1. The van der Waals surface area contributed by atoms with Crippen molar-refractivity contribution in [3.8, 4) is 0 Å². The van der Waals surface area contributed by atoms with Crippen molar-refractivity contribution in [3.05, 3.63) is 91.0 Å². The largest absolute Gasteiger partial charge is 0.331 e. The fraction of sp³-hybridized carbons (Fsp3) is 0. The summed E-state index contributed by atoms with van der Waals surface area (Å²) in [6.07, 6.45) is 0. The highest BCUT2D eigenvalue weighted by atomic mass is 32.1. The SMILES string of the molecule is S=C(Nc1ccccc1)NN(c1ccccc1)c1ccccc1. The van der Waals surface area contributed by atoms with E-state index in [0.29, 0.717) is 5.11 Å². The number of anilines is 3. The Labute approximate surface area is 141 Å². The quantitative estimate of drug-likeness (QED) is 0.537. The van der Waals surface area contributed by atoms with Crippen LogP contribution in [0.25, 0.3) is 0 Å². The van der Waals surface area contributed by atoms with Crippen molar-refractivity contribution in [2.24, 2.45) is 0 Å². The second kappa shape index (κ2) is 7.42. The molecule has 3 aromatic carbocycles. The van der Waals surface area contributed by atoms with Gasteiger partial charge < -0.3 is 5.32 Å². The maximum absolute atomic E-state index is 5.45. The van der Waals surface area contributed by atoms with Crippen molar-refractivity contribution < 1.29 is 0 Å². The van der Waals surface area contributed by atoms with Crippen LogP contribution in [0.3, 0.4) is 0 Å². The predicted octanol–water partition coefficient (Wildman–Crippen LogP) is 4.73. The summed E-state index contributed by atoms with van der Waals surface area (Å²) in [5, 5.41) is 5.68. The van der Waals surface area contributed by atoms with E-state index in [1.165, 1.54) is 0 Å². The van der Waals surface area contributed by atoms with Gasteiger partial charge in [-0.2, -0.15) is 0 Å². The van der Waals surface area contributed by atoms with Gasteiger partial charge in [0.25, 0.3) is 0 Å². The smallest absolute Gasteiger partial charge is 0.190 e. The molecular weight excluding hydrogens is 302 g/mol. The van der Waals surface area contributed by atoms with Crippen LogP contribution >= 0.6 is 12.2 Å². The molecule has 0 fully saturated rings. The van der Waals surface area contributed by atoms with Crippen molar-refractivity contribution >= 4 is 34.4 Å². The molecule has 0 spiro atoms. The molecule has 0 unspecified atom stereocenters. The lowest BCUT2D eigenvalue weighted by Crippen LogP contribution is -2.41. The highest BCUT2D eigenvalue weighted by Gasteiger charge is 2.10. The molecule has 0 aliphatic heterocycles. The van der Waals surface area contributed by atoms with Gasteiger partial charge in [-0.15, -0.1) is 0 Å². The van der Waals surface area contributed by atoms with E-state index in [-0.39, 0.29) is 0 Å². The number of nitrogens with zero attached hydrogens (tertiary/aromatic N) is 1. The molecule has 3 aromatic rings. The first-order chi connectivity index (χ1) is 11.3. The van der Waals surface area contributed by atoms with Gasteiger partial charge in [-0.25, -0.2) is 0 Å². The summed E-state index contributed by atoms with van der Waals surface area (Å²) >= 11 is 5.45. The molecule has 0 radical (unpaired) electrons. The van der Waals surface area contributed by atoms with E-state index in [2.05, 4.69) is 10.7 Å². The van der Waals surface area contributed by atoms with E-state index in [9.17, 15) is 0 Å². The Morgan fingerprint density at radius 1 is 0.652 bits per heavy atom. The van der Waals surface area contributed by atoms with Crippen molar-refractivity contribution in [1.29, 1.82) is 0 Å². The lowest BCUT2D eigenvalue weighted by atomic mass is 10.2. The predicted molar refractivity (Wildman–Crippen MR) is 101 cm³/mol. The number of nitrogens with one attached hydrogen (secondary N) is 2. The van der Waals surface area contributed by atoms with Gasteiger partial charge in [-0.3, -0.25) is 10.4 Å². The van der Waals surface area contributed by atoms with Gasteiger partial charge in [0.1, 0.15) is 0 Å².